The van der Waals surface area contributed by atoms with Gasteiger partial charge in [-0.1, -0.05) is 0 Å². The number of carbonyl (C=O) groups excluding carboxylic acids is 1. The van der Waals surface area contributed by atoms with Crippen LogP contribution in [0.2, 0.25) is 0 Å². The minimum Gasteiger partial charge on any atom is -0.461 e. The Kier molecular flexibility index (Phi) is 4.38. The van der Waals surface area contributed by atoms with Crippen molar-refractivity contribution in [3.63, 3.8) is 0 Å². The van der Waals surface area contributed by atoms with Gasteiger partial charge in [-0.25, -0.2) is 4.79 Å². The molecule has 1 N–H and O–H groups in total. The molecule has 1 aromatic rings. The molecule has 1 fully saturated rings. The van der Waals surface area contributed by atoms with Gasteiger partial charge in [0.25, 0.3) is 0 Å². The Morgan fingerprint density at radius 3 is 3.10 bits per heavy atom. The number of hydrogen-bond acceptors (Lipinski definition) is 5. The molecule has 0 spiro atoms. The molecule has 1 aromatic heterocycles. The van der Waals surface area contributed by atoms with Gasteiger partial charge in [-0.3, -0.25) is 0 Å². The summed E-state index contributed by atoms with van der Waals surface area (Å²) in [7, 11) is 1.73. The van der Waals surface area contributed by atoms with Crippen molar-refractivity contribution in [2.45, 2.75) is 50.4 Å². The Balaban J connectivity index is 1.63. The smallest absolute Gasteiger partial charge is 0.328 e. The van der Waals surface area contributed by atoms with Gasteiger partial charge in [0, 0.05) is 25.0 Å². The maximum Gasteiger partial charge on any atom is 0.328 e. The third-order valence-corrected chi connectivity index (χ3v) is 5.22. The second-order valence-corrected chi connectivity index (χ2v) is 6.52. The summed E-state index contributed by atoms with van der Waals surface area (Å²) in [6.45, 7) is 0.846. The van der Waals surface area contributed by atoms with E-state index in [0.29, 0.717) is 0 Å². The standard InChI is InChI=1S/C15H21NO3S/c1-18-10-3-2-4-11(9-10)19-15(17)14-12-6-8-20-13(12)5-7-16-14/h6,8,10-11,14,16H,2-5,7,9H2,1H3. The zero-order valence-electron chi connectivity index (χ0n) is 11.8. The predicted molar refractivity (Wildman–Crippen MR) is 77.9 cm³/mol. The van der Waals surface area contributed by atoms with E-state index in [4.69, 9.17) is 9.47 Å². The van der Waals surface area contributed by atoms with E-state index in [1.54, 1.807) is 18.4 Å². The number of thiophene rings is 1. The van der Waals surface area contributed by atoms with Crippen molar-refractivity contribution in [3.05, 3.63) is 21.9 Å². The molecule has 0 aromatic carbocycles. The first-order valence-electron chi connectivity index (χ1n) is 7.31. The Morgan fingerprint density at radius 2 is 2.25 bits per heavy atom. The van der Waals surface area contributed by atoms with Crippen LogP contribution in [0, 0.1) is 0 Å². The van der Waals surface area contributed by atoms with E-state index >= 15 is 0 Å². The minimum absolute atomic E-state index is 0.00649. The molecule has 2 heterocycles. The number of ether oxygens (including phenoxy) is 2. The molecule has 20 heavy (non-hydrogen) atoms. The number of carbonyl (C=O) groups is 1. The number of nitrogens with one attached hydrogen (secondary N) is 1. The van der Waals surface area contributed by atoms with Crippen LogP contribution in [-0.4, -0.2) is 31.8 Å². The van der Waals surface area contributed by atoms with Crippen molar-refractivity contribution in [3.8, 4) is 0 Å². The number of rotatable bonds is 3. The maximum absolute atomic E-state index is 12.4. The fourth-order valence-corrected chi connectivity index (χ4v) is 4.04. The van der Waals surface area contributed by atoms with Crippen LogP contribution in [0.3, 0.4) is 0 Å². The lowest BCUT2D eigenvalue weighted by Gasteiger charge is -2.30. The average molecular weight is 295 g/mol. The largest absolute Gasteiger partial charge is 0.461 e. The monoisotopic (exact) mass is 295 g/mol. The van der Waals surface area contributed by atoms with E-state index in [0.717, 1.165) is 44.2 Å². The fourth-order valence-electron chi connectivity index (χ4n) is 3.12. The van der Waals surface area contributed by atoms with Gasteiger partial charge in [-0.2, -0.15) is 0 Å². The van der Waals surface area contributed by atoms with Gasteiger partial charge in [0.2, 0.25) is 0 Å². The molecule has 3 unspecified atom stereocenters. The highest BCUT2D eigenvalue weighted by molar-refractivity contribution is 7.10. The lowest BCUT2D eigenvalue weighted by atomic mass is 9.94. The van der Waals surface area contributed by atoms with Gasteiger partial charge in [0.15, 0.2) is 0 Å². The molecule has 5 heteroatoms. The molecule has 1 aliphatic carbocycles. The van der Waals surface area contributed by atoms with Gasteiger partial charge < -0.3 is 14.8 Å². The summed E-state index contributed by atoms with van der Waals surface area (Å²) in [6.07, 6.45) is 5.16. The van der Waals surface area contributed by atoms with Crippen LogP contribution in [0.1, 0.15) is 42.2 Å². The molecule has 0 radical (unpaired) electrons. The first-order valence-corrected chi connectivity index (χ1v) is 8.19. The molecule has 0 bridgehead atoms. The Labute approximate surface area is 123 Å². The van der Waals surface area contributed by atoms with Crippen molar-refractivity contribution in [1.29, 1.82) is 0 Å². The molecule has 110 valence electrons. The molecule has 4 nitrogen and oxygen atoms in total. The number of methoxy groups -OCH3 is 1. The summed E-state index contributed by atoms with van der Waals surface area (Å²) >= 11 is 1.73. The van der Waals surface area contributed by atoms with E-state index in [-0.39, 0.29) is 24.2 Å². The lowest BCUT2D eigenvalue weighted by molar-refractivity contribution is -0.155. The van der Waals surface area contributed by atoms with Gasteiger partial charge in [0.1, 0.15) is 12.1 Å². The van der Waals surface area contributed by atoms with Crippen molar-refractivity contribution in [1.82, 2.24) is 5.32 Å². The van der Waals surface area contributed by atoms with Crippen LogP contribution in [-0.2, 0) is 20.7 Å². The number of hydrogen-bond donors (Lipinski definition) is 1. The highest BCUT2D eigenvalue weighted by atomic mass is 32.1. The highest BCUT2D eigenvalue weighted by Crippen LogP contribution is 2.30. The normalized spacial score (nSPS) is 29.8. The van der Waals surface area contributed by atoms with Crippen LogP contribution < -0.4 is 5.32 Å². The van der Waals surface area contributed by atoms with Crippen molar-refractivity contribution < 1.29 is 14.3 Å². The van der Waals surface area contributed by atoms with Gasteiger partial charge >= 0.3 is 5.97 Å². The third-order valence-electron chi connectivity index (χ3n) is 4.22. The van der Waals surface area contributed by atoms with E-state index < -0.39 is 0 Å². The third kappa shape index (κ3) is 2.90. The molecule has 0 amide bonds. The second-order valence-electron chi connectivity index (χ2n) is 5.52. The minimum atomic E-state index is -0.284. The Hall–Kier alpha value is -0.910. The van der Waals surface area contributed by atoms with Crippen LogP contribution in [0.15, 0.2) is 11.4 Å². The first kappa shape index (κ1) is 14.0. The van der Waals surface area contributed by atoms with Crippen LogP contribution in [0.4, 0.5) is 0 Å². The average Bonchev–Trinajstić information content (AvgIpc) is 2.95. The van der Waals surface area contributed by atoms with Crippen LogP contribution in [0.5, 0.6) is 0 Å². The molecule has 0 saturated heterocycles. The number of fused-ring (bicyclic) bond motifs is 1. The lowest BCUT2D eigenvalue weighted by Crippen LogP contribution is -2.38. The molecule has 3 atom stereocenters. The summed E-state index contributed by atoms with van der Waals surface area (Å²) < 4.78 is 11.1. The quantitative estimate of drug-likeness (QED) is 0.870. The zero-order chi connectivity index (χ0) is 13.9. The van der Waals surface area contributed by atoms with E-state index in [1.807, 2.05) is 6.07 Å². The van der Waals surface area contributed by atoms with Gasteiger partial charge in [-0.05, 0) is 42.7 Å². The SMILES string of the molecule is COC1CCCC(OC(=O)C2NCCc3sccc32)C1. The van der Waals surface area contributed by atoms with Crippen molar-refractivity contribution in [2.24, 2.45) is 0 Å². The molecular weight excluding hydrogens is 274 g/mol. The molecule has 1 saturated carbocycles. The van der Waals surface area contributed by atoms with Gasteiger partial charge in [0.05, 0.1) is 6.10 Å². The predicted octanol–water partition coefficient (Wildman–Crippen LogP) is 2.44. The molecule has 2 aliphatic rings. The molecule has 3 rings (SSSR count). The summed E-state index contributed by atoms with van der Waals surface area (Å²) in [5, 5.41) is 5.33. The van der Waals surface area contributed by atoms with E-state index in [2.05, 4.69) is 10.7 Å². The molecule has 1 aliphatic heterocycles. The van der Waals surface area contributed by atoms with Crippen LogP contribution >= 0.6 is 11.3 Å². The molecular formula is C15H21NO3S. The summed E-state index contributed by atoms with van der Waals surface area (Å²) in [5.41, 5.74) is 1.10. The highest BCUT2D eigenvalue weighted by Gasteiger charge is 2.31. The van der Waals surface area contributed by atoms with Crippen molar-refractivity contribution >= 4 is 17.3 Å². The van der Waals surface area contributed by atoms with Gasteiger partial charge in [-0.15, -0.1) is 11.3 Å². The topological polar surface area (TPSA) is 47.6 Å². The fraction of sp³-hybridized carbons (Fsp3) is 0.667. The Bertz CT molecular complexity index is 473. The van der Waals surface area contributed by atoms with Crippen LogP contribution in [0.25, 0.3) is 0 Å². The summed E-state index contributed by atoms with van der Waals surface area (Å²) in [6, 6.07) is 1.75. The summed E-state index contributed by atoms with van der Waals surface area (Å²) in [4.78, 5) is 13.7. The van der Waals surface area contributed by atoms with E-state index in [9.17, 15) is 4.79 Å². The maximum atomic E-state index is 12.4. The van der Waals surface area contributed by atoms with Crippen molar-refractivity contribution in [2.75, 3.05) is 13.7 Å². The Morgan fingerprint density at radius 1 is 1.40 bits per heavy atom. The second kappa shape index (κ2) is 6.24. The zero-order valence-corrected chi connectivity index (χ0v) is 12.6. The number of esters is 1. The summed E-state index contributed by atoms with van der Waals surface area (Å²) in [5.74, 6) is -0.133. The first-order chi connectivity index (χ1) is 9.78. The van der Waals surface area contributed by atoms with E-state index in [1.165, 1.54) is 4.88 Å².